The highest BCUT2D eigenvalue weighted by Crippen LogP contribution is 2.22. The van der Waals surface area contributed by atoms with Crippen molar-refractivity contribution in [3.05, 3.63) is 57.4 Å². The first-order chi connectivity index (χ1) is 9.11. The average Bonchev–Trinajstić information content (AvgIpc) is 2.82. The molecule has 0 aliphatic carbocycles. The number of benzene rings is 1. The van der Waals surface area contributed by atoms with Crippen LogP contribution >= 0.6 is 27.5 Å². The van der Waals surface area contributed by atoms with Gasteiger partial charge in [0.15, 0.2) is 4.67 Å². The molecule has 1 unspecified atom stereocenters. The van der Waals surface area contributed by atoms with E-state index in [1.165, 1.54) is 6.26 Å². The molecule has 3 nitrogen and oxygen atoms in total. The third kappa shape index (κ3) is 3.39. The molecule has 0 aliphatic heterocycles. The van der Waals surface area contributed by atoms with Crippen LogP contribution in [0.1, 0.15) is 35.3 Å². The zero-order chi connectivity index (χ0) is 13.8. The topological polar surface area (TPSA) is 42.2 Å². The number of nitrogens with one attached hydrogen (secondary N) is 1. The molecule has 1 heterocycles. The van der Waals surface area contributed by atoms with Crippen LogP contribution in [0.15, 0.2) is 45.7 Å². The van der Waals surface area contributed by atoms with Crippen molar-refractivity contribution in [3.8, 4) is 0 Å². The second-order valence-corrected chi connectivity index (χ2v) is 5.25. The van der Waals surface area contributed by atoms with Gasteiger partial charge in [-0.05, 0) is 46.1 Å². The minimum absolute atomic E-state index is 0.0759. The van der Waals surface area contributed by atoms with Crippen molar-refractivity contribution in [1.29, 1.82) is 0 Å². The van der Waals surface area contributed by atoms with Crippen molar-refractivity contribution in [2.45, 2.75) is 19.4 Å². The quantitative estimate of drug-likeness (QED) is 0.884. The van der Waals surface area contributed by atoms with Crippen LogP contribution in [-0.4, -0.2) is 5.91 Å². The molecule has 5 heteroatoms. The van der Waals surface area contributed by atoms with Gasteiger partial charge in [0, 0.05) is 5.02 Å². The molecule has 2 rings (SSSR count). The lowest BCUT2D eigenvalue weighted by molar-refractivity contribution is 0.0934. The molecule has 0 saturated carbocycles. The van der Waals surface area contributed by atoms with Crippen LogP contribution in [0.4, 0.5) is 0 Å². The summed E-state index contributed by atoms with van der Waals surface area (Å²) in [6, 6.07) is 9.05. The van der Waals surface area contributed by atoms with Gasteiger partial charge in [-0.3, -0.25) is 4.79 Å². The van der Waals surface area contributed by atoms with Gasteiger partial charge < -0.3 is 9.73 Å². The van der Waals surface area contributed by atoms with Gasteiger partial charge in [0.1, 0.15) is 0 Å². The second-order valence-electron chi connectivity index (χ2n) is 4.10. The zero-order valence-electron chi connectivity index (χ0n) is 10.3. The minimum atomic E-state index is -0.174. The van der Waals surface area contributed by atoms with E-state index in [9.17, 15) is 4.79 Å². The van der Waals surface area contributed by atoms with Crippen molar-refractivity contribution in [3.63, 3.8) is 0 Å². The molecule has 1 aromatic heterocycles. The monoisotopic (exact) mass is 341 g/mol. The van der Waals surface area contributed by atoms with Crippen LogP contribution in [0.3, 0.4) is 0 Å². The van der Waals surface area contributed by atoms with Crippen LogP contribution in [0.25, 0.3) is 0 Å². The third-order valence-electron chi connectivity index (χ3n) is 2.83. The van der Waals surface area contributed by atoms with Crippen LogP contribution in [0.5, 0.6) is 0 Å². The third-order valence-corrected chi connectivity index (χ3v) is 3.68. The van der Waals surface area contributed by atoms with E-state index in [1.54, 1.807) is 6.07 Å². The largest absolute Gasteiger partial charge is 0.457 e. The lowest BCUT2D eigenvalue weighted by Crippen LogP contribution is -2.28. The van der Waals surface area contributed by atoms with E-state index >= 15 is 0 Å². The Balaban J connectivity index is 2.16. The normalized spacial score (nSPS) is 12.2. The highest BCUT2D eigenvalue weighted by molar-refractivity contribution is 9.10. The highest BCUT2D eigenvalue weighted by atomic mass is 79.9. The first-order valence-electron chi connectivity index (χ1n) is 5.91. The summed E-state index contributed by atoms with van der Waals surface area (Å²) in [5, 5.41) is 3.63. The Kier molecular flexibility index (Phi) is 4.66. The highest BCUT2D eigenvalue weighted by Gasteiger charge is 2.17. The van der Waals surface area contributed by atoms with Crippen LogP contribution < -0.4 is 5.32 Å². The Morgan fingerprint density at radius 2 is 2.26 bits per heavy atom. The lowest BCUT2D eigenvalue weighted by atomic mass is 10.0. The number of amides is 1. The van der Waals surface area contributed by atoms with Crippen molar-refractivity contribution in [2.75, 3.05) is 0 Å². The maximum absolute atomic E-state index is 12.1. The van der Waals surface area contributed by atoms with E-state index in [4.69, 9.17) is 16.0 Å². The maximum Gasteiger partial charge on any atom is 0.256 e. The summed E-state index contributed by atoms with van der Waals surface area (Å²) in [7, 11) is 0. The molecule has 0 bridgehead atoms. The molecule has 0 saturated heterocycles. The predicted octanol–water partition coefficient (Wildman–Crippen LogP) is 4.58. The summed E-state index contributed by atoms with van der Waals surface area (Å²) in [6.45, 7) is 2.01. The van der Waals surface area contributed by atoms with Crippen molar-refractivity contribution < 1.29 is 9.21 Å². The number of hydrogen-bond donors (Lipinski definition) is 1. The molecule has 19 heavy (non-hydrogen) atoms. The van der Waals surface area contributed by atoms with Gasteiger partial charge in [-0.1, -0.05) is 30.7 Å². The number of furan rings is 1. The fourth-order valence-corrected chi connectivity index (χ4v) is 2.46. The van der Waals surface area contributed by atoms with Gasteiger partial charge in [-0.15, -0.1) is 0 Å². The maximum atomic E-state index is 12.1. The van der Waals surface area contributed by atoms with E-state index in [0.29, 0.717) is 15.3 Å². The summed E-state index contributed by atoms with van der Waals surface area (Å²) in [4.78, 5) is 12.1. The van der Waals surface area contributed by atoms with Crippen LogP contribution in [0.2, 0.25) is 5.02 Å². The molecule has 1 atom stereocenters. The van der Waals surface area contributed by atoms with Crippen molar-refractivity contribution >= 4 is 33.4 Å². The second kappa shape index (κ2) is 6.26. The summed E-state index contributed by atoms with van der Waals surface area (Å²) in [5.74, 6) is -0.174. The first kappa shape index (κ1) is 14.2. The fourth-order valence-electron chi connectivity index (χ4n) is 1.84. The fraction of sp³-hybridized carbons (Fsp3) is 0.214. The van der Waals surface area contributed by atoms with Crippen molar-refractivity contribution in [1.82, 2.24) is 5.32 Å². The molecule has 0 radical (unpaired) electrons. The number of carbonyl (C=O) groups is 1. The molecule has 1 aromatic carbocycles. The summed E-state index contributed by atoms with van der Waals surface area (Å²) in [5.41, 5.74) is 1.48. The molecule has 0 aliphatic rings. The molecule has 0 spiro atoms. The number of hydrogen-bond acceptors (Lipinski definition) is 2. The minimum Gasteiger partial charge on any atom is -0.457 e. The van der Waals surface area contributed by atoms with Gasteiger partial charge in [0.2, 0.25) is 0 Å². The molecule has 0 fully saturated rings. The molecular formula is C14H13BrClNO2. The molecule has 2 aromatic rings. The Morgan fingerprint density at radius 3 is 2.84 bits per heavy atom. The molecular weight excluding hydrogens is 330 g/mol. The van der Waals surface area contributed by atoms with E-state index in [0.717, 1.165) is 12.0 Å². The summed E-state index contributed by atoms with van der Waals surface area (Å²) < 4.78 is 5.50. The van der Waals surface area contributed by atoms with Gasteiger partial charge in [0.05, 0.1) is 17.9 Å². The van der Waals surface area contributed by atoms with Crippen LogP contribution in [-0.2, 0) is 0 Å². The van der Waals surface area contributed by atoms with Crippen LogP contribution in [0, 0.1) is 0 Å². The summed E-state index contributed by atoms with van der Waals surface area (Å²) in [6.07, 6.45) is 2.25. The van der Waals surface area contributed by atoms with E-state index in [2.05, 4.69) is 21.2 Å². The number of halogens is 2. The SMILES string of the molecule is CCC(NC(=O)c1ccoc1Br)c1cccc(Cl)c1. The van der Waals surface area contributed by atoms with E-state index in [1.807, 2.05) is 31.2 Å². The standard InChI is InChI=1S/C14H13BrClNO2/c1-2-12(9-4-3-5-10(16)8-9)17-14(18)11-6-7-19-13(11)15/h3-8,12H,2H2,1H3,(H,17,18). The van der Waals surface area contributed by atoms with Crippen molar-refractivity contribution in [2.24, 2.45) is 0 Å². The number of rotatable bonds is 4. The van der Waals surface area contributed by atoms with Gasteiger partial charge in [0.25, 0.3) is 5.91 Å². The Hall–Kier alpha value is -1.26. The number of carbonyl (C=O) groups excluding carboxylic acids is 1. The first-order valence-corrected chi connectivity index (χ1v) is 7.08. The van der Waals surface area contributed by atoms with Gasteiger partial charge >= 0.3 is 0 Å². The zero-order valence-corrected chi connectivity index (χ0v) is 12.7. The molecule has 1 amide bonds. The van der Waals surface area contributed by atoms with Gasteiger partial charge in [-0.25, -0.2) is 0 Å². The Morgan fingerprint density at radius 1 is 1.47 bits per heavy atom. The summed E-state index contributed by atoms with van der Waals surface area (Å²) >= 11 is 9.17. The van der Waals surface area contributed by atoms with Gasteiger partial charge in [-0.2, -0.15) is 0 Å². The smallest absolute Gasteiger partial charge is 0.256 e. The Labute approximate surface area is 125 Å². The van der Waals surface area contributed by atoms with E-state index in [-0.39, 0.29) is 11.9 Å². The average molecular weight is 343 g/mol. The Bertz CT molecular complexity index is 582. The molecule has 1 N–H and O–H groups in total. The van der Waals surface area contributed by atoms with E-state index < -0.39 is 0 Å². The molecule has 100 valence electrons. The predicted molar refractivity (Wildman–Crippen MR) is 78.4 cm³/mol. The lowest BCUT2D eigenvalue weighted by Gasteiger charge is -2.17.